The van der Waals surface area contributed by atoms with Crippen molar-refractivity contribution in [2.45, 2.75) is 58.4 Å². The van der Waals surface area contributed by atoms with Gasteiger partial charge in [0.1, 0.15) is 0 Å². The van der Waals surface area contributed by atoms with Gasteiger partial charge in [0, 0.05) is 18.5 Å². The normalized spacial score (nSPS) is 19.8. The minimum Gasteiger partial charge on any atom is -0.493 e. The van der Waals surface area contributed by atoms with Crippen molar-refractivity contribution >= 4 is 5.91 Å². The summed E-state index contributed by atoms with van der Waals surface area (Å²) in [5.74, 6) is 1.26. The molecule has 2 N–H and O–H groups in total. The molecule has 5 nitrogen and oxygen atoms in total. The van der Waals surface area contributed by atoms with Crippen LogP contribution in [0.15, 0.2) is 18.2 Å². The van der Waals surface area contributed by atoms with Gasteiger partial charge in [-0.25, -0.2) is 0 Å². The molecule has 0 spiro atoms. The van der Waals surface area contributed by atoms with Crippen LogP contribution in [0, 0.1) is 0 Å². The second kappa shape index (κ2) is 11.1. The smallest absolute Gasteiger partial charge is 0.251 e. The highest BCUT2D eigenvalue weighted by atomic mass is 16.5. The van der Waals surface area contributed by atoms with Crippen LogP contribution in [-0.4, -0.2) is 45.3 Å². The highest BCUT2D eigenvalue weighted by Crippen LogP contribution is 2.28. The molecule has 0 saturated carbocycles. The number of ether oxygens (including phenoxy) is 2. The Kier molecular flexibility index (Phi) is 8.75. The minimum absolute atomic E-state index is 0.0508. The number of piperidine rings is 1. The second-order valence-corrected chi connectivity index (χ2v) is 7.23. The zero-order valence-electron chi connectivity index (χ0n) is 16.6. The van der Waals surface area contributed by atoms with Crippen LogP contribution in [0.25, 0.3) is 0 Å². The van der Waals surface area contributed by atoms with Crippen molar-refractivity contribution in [3.63, 3.8) is 0 Å². The lowest BCUT2D eigenvalue weighted by Crippen LogP contribution is -3.16. The molecule has 1 aromatic rings. The number of hydrogen-bond acceptors (Lipinski definition) is 3. The van der Waals surface area contributed by atoms with E-state index in [2.05, 4.69) is 19.2 Å². The molecular weight excluding hydrogens is 328 g/mol. The number of carbonyl (C=O) groups is 1. The van der Waals surface area contributed by atoms with Gasteiger partial charge in [-0.05, 0) is 50.8 Å². The van der Waals surface area contributed by atoms with E-state index in [0.29, 0.717) is 30.2 Å². The maximum atomic E-state index is 12.4. The third kappa shape index (κ3) is 6.20. The third-order valence-corrected chi connectivity index (χ3v) is 5.22. The Morgan fingerprint density at radius 2 is 2.12 bits per heavy atom. The fourth-order valence-electron chi connectivity index (χ4n) is 3.50. The summed E-state index contributed by atoms with van der Waals surface area (Å²) in [5.41, 5.74) is 0.614. The second-order valence-electron chi connectivity index (χ2n) is 7.23. The first-order valence-corrected chi connectivity index (χ1v) is 10.1. The van der Waals surface area contributed by atoms with Crippen molar-refractivity contribution in [3.05, 3.63) is 23.8 Å². The Labute approximate surface area is 158 Å². The van der Waals surface area contributed by atoms with E-state index < -0.39 is 0 Å². The van der Waals surface area contributed by atoms with E-state index in [0.717, 1.165) is 31.8 Å². The van der Waals surface area contributed by atoms with Gasteiger partial charge in [0.05, 0.1) is 32.8 Å². The predicted molar refractivity (Wildman–Crippen MR) is 104 cm³/mol. The molecule has 26 heavy (non-hydrogen) atoms. The molecule has 5 heteroatoms. The van der Waals surface area contributed by atoms with E-state index in [9.17, 15) is 4.79 Å². The molecule has 1 fully saturated rings. The van der Waals surface area contributed by atoms with Crippen LogP contribution in [0.1, 0.15) is 62.7 Å². The van der Waals surface area contributed by atoms with Crippen LogP contribution < -0.4 is 19.7 Å². The number of nitrogens with one attached hydrogen (secondary N) is 2. The van der Waals surface area contributed by atoms with Crippen molar-refractivity contribution in [3.8, 4) is 11.5 Å². The van der Waals surface area contributed by atoms with Crippen LogP contribution in [0.4, 0.5) is 0 Å². The lowest BCUT2D eigenvalue weighted by atomic mass is 10.0. The molecule has 1 heterocycles. The predicted octanol–water partition coefficient (Wildman–Crippen LogP) is 2.45. The van der Waals surface area contributed by atoms with Gasteiger partial charge in [0.15, 0.2) is 11.5 Å². The number of likely N-dealkylation sites (tertiary alicyclic amines) is 1. The Balaban J connectivity index is 1.79. The lowest BCUT2D eigenvalue weighted by Gasteiger charge is -2.30. The monoisotopic (exact) mass is 363 g/mol. The number of carbonyl (C=O) groups excluding carboxylic acids is 1. The molecule has 0 aromatic heterocycles. The van der Waals surface area contributed by atoms with Gasteiger partial charge in [-0.15, -0.1) is 0 Å². The summed E-state index contributed by atoms with van der Waals surface area (Å²) in [6.45, 7) is 8.24. The number of rotatable bonds is 10. The average Bonchev–Trinajstić information content (AvgIpc) is 2.66. The summed E-state index contributed by atoms with van der Waals surface area (Å²) in [4.78, 5) is 14.1. The zero-order valence-corrected chi connectivity index (χ0v) is 16.6. The quantitative estimate of drug-likeness (QED) is 0.628. The number of benzene rings is 1. The molecular formula is C21H35N2O3+. The summed E-state index contributed by atoms with van der Waals surface area (Å²) >= 11 is 0. The van der Waals surface area contributed by atoms with Gasteiger partial charge in [-0.1, -0.05) is 13.3 Å². The number of unbranched alkanes of at least 4 members (excludes halogenated alkanes) is 1. The van der Waals surface area contributed by atoms with Crippen molar-refractivity contribution in [1.82, 2.24) is 5.32 Å². The Morgan fingerprint density at radius 1 is 1.27 bits per heavy atom. The van der Waals surface area contributed by atoms with Crippen LogP contribution in [-0.2, 0) is 0 Å². The summed E-state index contributed by atoms with van der Waals surface area (Å²) in [7, 11) is 1.60. The topological polar surface area (TPSA) is 52.0 Å². The molecule has 0 aliphatic carbocycles. The largest absolute Gasteiger partial charge is 0.493 e. The molecule has 1 aliphatic heterocycles. The Hall–Kier alpha value is -1.75. The van der Waals surface area contributed by atoms with E-state index in [1.165, 1.54) is 25.8 Å². The van der Waals surface area contributed by atoms with Gasteiger partial charge in [0.25, 0.3) is 5.91 Å². The number of hydrogen-bond donors (Lipinski definition) is 2. The minimum atomic E-state index is -0.0508. The van der Waals surface area contributed by atoms with Crippen LogP contribution in [0.3, 0.4) is 0 Å². The van der Waals surface area contributed by atoms with E-state index in [1.807, 2.05) is 6.07 Å². The summed E-state index contributed by atoms with van der Waals surface area (Å²) in [5, 5.41) is 3.03. The highest BCUT2D eigenvalue weighted by molar-refractivity contribution is 5.94. The molecule has 2 atom stereocenters. The molecule has 1 aromatic carbocycles. The first-order valence-electron chi connectivity index (χ1n) is 10.1. The van der Waals surface area contributed by atoms with Crippen LogP contribution in [0.5, 0.6) is 11.5 Å². The van der Waals surface area contributed by atoms with E-state index in [1.54, 1.807) is 24.1 Å². The fraction of sp³-hybridized carbons (Fsp3) is 0.667. The van der Waals surface area contributed by atoms with Gasteiger partial charge in [-0.3, -0.25) is 4.79 Å². The van der Waals surface area contributed by atoms with Gasteiger partial charge in [0.2, 0.25) is 0 Å². The first kappa shape index (κ1) is 20.6. The van der Waals surface area contributed by atoms with Crippen LogP contribution >= 0.6 is 0 Å². The maximum absolute atomic E-state index is 12.4. The molecule has 1 saturated heterocycles. The van der Waals surface area contributed by atoms with Crippen molar-refractivity contribution in [2.24, 2.45) is 0 Å². The molecule has 146 valence electrons. The standard InChI is InChI=1S/C21H34N2O3/c1-4-5-15-26-19-11-10-18(16-20(19)25-3)21(24)22-12-8-14-23-13-7-6-9-17(23)2/h10-11,16-17H,4-9,12-15H2,1-3H3,(H,22,24)/p+1/t17-/m1/s1. The molecule has 1 amide bonds. The molecule has 0 bridgehead atoms. The van der Waals surface area contributed by atoms with Crippen LogP contribution in [0.2, 0.25) is 0 Å². The third-order valence-electron chi connectivity index (χ3n) is 5.22. The average molecular weight is 364 g/mol. The van der Waals surface area contributed by atoms with Crippen molar-refractivity contribution in [1.29, 1.82) is 0 Å². The summed E-state index contributed by atoms with van der Waals surface area (Å²) < 4.78 is 11.1. The van der Waals surface area contributed by atoms with E-state index in [-0.39, 0.29) is 5.91 Å². The fourth-order valence-corrected chi connectivity index (χ4v) is 3.50. The van der Waals surface area contributed by atoms with Gasteiger partial charge < -0.3 is 19.7 Å². The summed E-state index contributed by atoms with van der Waals surface area (Å²) in [6.07, 6.45) is 7.12. The van der Waals surface area contributed by atoms with Gasteiger partial charge >= 0.3 is 0 Å². The SMILES string of the molecule is CCCCOc1ccc(C(=O)NCCC[NH+]2CCCC[C@H]2C)cc1OC. The lowest BCUT2D eigenvalue weighted by molar-refractivity contribution is -0.928. The molecule has 1 unspecified atom stereocenters. The first-order chi connectivity index (χ1) is 12.7. The zero-order chi connectivity index (χ0) is 18.8. The van der Waals surface area contributed by atoms with Crippen molar-refractivity contribution in [2.75, 3.05) is 33.4 Å². The Bertz CT molecular complexity index is 562. The van der Waals surface area contributed by atoms with Gasteiger partial charge in [-0.2, -0.15) is 0 Å². The number of amides is 1. The number of methoxy groups -OCH3 is 1. The van der Waals surface area contributed by atoms with Crippen molar-refractivity contribution < 1.29 is 19.2 Å². The molecule has 0 radical (unpaired) electrons. The summed E-state index contributed by atoms with van der Waals surface area (Å²) in [6, 6.07) is 6.14. The molecule has 2 rings (SSSR count). The van der Waals surface area contributed by atoms with E-state index in [4.69, 9.17) is 9.47 Å². The molecule has 1 aliphatic rings. The maximum Gasteiger partial charge on any atom is 0.251 e. The van der Waals surface area contributed by atoms with E-state index >= 15 is 0 Å². The Morgan fingerprint density at radius 3 is 2.85 bits per heavy atom. The number of quaternary nitrogens is 1. The highest BCUT2D eigenvalue weighted by Gasteiger charge is 2.21.